The molecule has 2 aliphatic rings. The second-order valence-corrected chi connectivity index (χ2v) is 7.66. The third-order valence-corrected chi connectivity index (χ3v) is 5.32. The van der Waals surface area contributed by atoms with E-state index in [-0.39, 0.29) is 5.54 Å². The molecule has 0 aromatic carbocycles. The second-order valence-electron chi connectivity index (χ2n) is 6.49. The van der Waals surface area contributed by atoms with Crippen molar-refractivity contribution in [2.75, 3.05) is 12.8 Å². The van der Waals surface area contributed by atoms with Gasteiger partial charge in [-0.25, -0.2) is 0 Å². The normalized spacial score (nSPS) is 20.2. The Hall–Kier alpha value is -1.20. The minimum absolute atomic E-state index is 0.0934. The number of aliphatic imine (C=N–C) groups is 1. The minimum Gasteiger partial charge on any atom is -0.322 e. The molecule has 0 amide bonds. The third-order valence-electron chi connectivity index (χ3n) is 4.00. The Kier molecular flexibility index (Phi) is 3.68. The van der Waals surface area contributed by atoms with Crippen LogP contribution >= 0.6 is 23.4 Å². The molecule has 3 heterocycles. The fourth-order valence-electron chi connectivity index (χ4n) is 3.17. The van der Waals surface area contributed by atoms with Crippen LogP contribution in [-0.2, 0) is 7.05 Å². The zero-order valence-electron chi connectivity index (χ0n) is 13.9. The monoisotopic (exact) mass is 336 g/mol. The molecule has 0 N–H and O–H groups in total. The van der Waals surface area contributed by atoms with E-state index in [1.54, 1.807) is 11.8 Å². The Morgan fingerprint density at radius 2 is 2.00 bits per heavy atom. The third kappa shape index (κ3) is 2.31. The van der Waals surface area contributed by atoms with E-state index in [0.29, 0.717) is 0 Å². The topological polar surface area (TPSA) is 33.4 Å². The van der Waals surface area contributed by atoms with Gasteiger partial charge in [0, 0.05) is 13.6 Å². The van der Waals surface area contributed by atoms with Gasteiger partial charge < -0.3 is 4.90 Å². The molecule has 0 saturated carbocycles. The summed E-state index contributed by atoms with van der Waals surface area (Å²) in [5, 5.41) is 6.38. The van der Waals surface area contributed by atoms with Gasteiger partial charge in [-0.15, -0.1) is 11.8 Å². The van der Waals surface area contributed by atoms with E-state index >= 15 is 0 Å². The van der Waals surface area contributed by atoms with Crippen molar-refractivity contribution in [1.29, 1.82) is 0 Å². The summed E-state index contributed by atoms with van der Waals surface area (Å²) in [4.78, 5) is 7.14. The Bertz CT molecular complexity index is 740. The highest BCUT2D eigenvalue weighted by molar-refractivity contribution is 7.98. The van der Waals surface area contributed by atoms with Crippen LogP contribution in [0.1, 0.15) is 33.4 Å². The summed E-state index contributed by atoms with van der Waals surface area (Å²) >= 11 is 8.22. The van der Waals surface area contributed by atoms with Crippen LogP contribution in [0.25, 0.3) is 5.70 Å². The average Bonchev–Trinajstić information content (AvgIpc) is 2.87. The maximum Gasteiger partial charge on any atom is 0.131 e. The Labute approximate surface area is 140 Å². The molecule has 2 aliphatic heterocycles. The fraction of sp³-hybridized carbons (Fsp3) is 0.500. The zero-order valence-corrected chi connectivity index (χ0v) is 15.4. The first-order valence-electron chi connectivity index (χ1n) is 7.29. The van der Waals surface area contributed by atoms with Crippen molar-refractivity contribution >= 4 is 34.9 Å². The van der Waals surface area contributed by atoms with Crippen LogP contribution in [0.3, 0.4) is 0 Å². The van der Waals surface area contributed by atoms with Crippen molar-refractivity contribution in [3.8, 4) is 0 Å². The summed E-state index contributed by atoms with van der Waals surface area (Å²) < 4.78 is 1.85. The van der Waals surface area contributed by atoms with Gasteiger partial charge in [0.2, 0.25) is 0 Å². The molecular formula is C16H21ClN4S. The molecule has 0 aliphatic carbocycles. The number of hydrogen-bond donors (Lipinski definition) is 0. The average molecular weight is 337 g/mol. The van der Waals surface area contributed by atoms with Crippen molar-refractivity contribution in [2.24, 2.45) is 12.0 Å². The first-order valence-corrected chi connectivity index (χ1v) is 8.89. The number of aromatic nitrogens is 2. The highest BCUT2D eigenvalue weighted by Crippen LogP contribution is 2.40. The fourth-order valence-corrected chi connectivity index (χ4v) is 4.23. The van der Waals surface area contributed by atoms with Crippen molar-refractivity contribution in [3.05, 3.63) is 27.9 Å². The lowest BCUT2D eigenvalue weighted by molar-refractivity contribution is 0.459. The molecule has 0 fully saturated rings. The lowest BCUT2D eigenvalue weighted by atomic mass is 10.0. The van der Waals surface area contributed by atoms with Gasteiger partial charge in [-0.05, 0) is 45.1 Å². The van der Waals surface area contributed by atoms with Gasteiger partial charge in [0.05, 0.1) is 11.2 Å². The molecule has 0 bridgehead atoms. The molecule has 1 aromatic rings. The molecule has 0 unspecified atom stereocenters. The maximum atomic E-state index is 6.60. The van der Waals surface area contributed by atoms with E-state index < -0.39 is 0 Å². The molecule has 22 heavy (non-hydrogen) atoms. The number of amidine groups is 1. The molecule has 0 spiro atoms. The van der Waals surface area contributed by atoms with Crippen molar-refractivity contribution in [2.45, 2.75) is 38.3 Å². The van der Waals surface area contributed by atoms with Crippen LogP contribution in [0.2, 0.25) is 5.02 Å². The number of allylic oxidation sites excluding steroid dienone is 2. The number of halogens is 1. The number of fused-ring (bicyclic) bond motifs is 1. The number of rotatable bonds is 2. The zero-order chi connectivity index (χ0) is 16.2. The minimum atomic E-state index is -0.0934. The summed E-state index contributed by atoms with van der Waals surface area (Å²) in [5.41, 5.74) is 4.21. The van der Waals surface area contributed by atoms with Crippen LogP contribution in [0.4, 0.5) is 0 Å². The van der Waals surface area contributed by atoms with Gasteiger partial charge in [0.25, 0.3) is 0 Å². The van der Waals surface area contributed by atoms with Crippen LogP contribution in [-0.4, -0.2) is 38.9 Å². The summed E-state index contributed by atoms with van der Waals surface area (Å²) in [6, 6.07) is 0. The largest absolute Gasteiger partial charge is 0.322 e. The van der Waals surface area contributed by atoms with Crippen LogP contribution in [0.5, 0.6) is 0 Å². The van der Waals surface area contributed by atoms with Gasteiger partial charge in [0.1, 0.15) is 21.6 Å². The van der Waals surface area contributed by atoms with Crippen molar-refractivity contribution in [3.63, 3.8) is 0 Å². The molecule has 1 aromatic heterocycles. The van der Waals surface area contributed by atoms with E-state index in [9.17, 15) is 0 Å². The number of aryl methyl sites for hydroxylation is 1. The summed E-state index contributed by atoms with van der Waals surface area (Å²) in [5.74, 6) is 1.04. The number of nitrogens with zero attached hydrogens (tertiary/aromatic N) is 4. The molecule has 0 saturated heterocycles. The van der Waals surface area contributed by atoms with E-state index in [0.717, 1.165) is 33.8 Å². The maximum absolute atomic E-state index is 6.60. The second kappa shape index (κ2) is 5.17. The molecular weight excluding hydrogens is 316 g/mol. The Morgan fingerprint density at radius 3 is 2.59 bits per heavy atom. The number of hydrogen-bond acceptors (Lipinski definition) is 4. The smallest absolute Gasteiger partial charge is 0.131 e. The first-order chi connectivity index (χ1) is 10.2. The first kappa shape index (κ1) is 15.7. The Balaban J connectivity index is 2.18. The van der Waals surface area contributed by atoms with E-state index in [2.05, 4.69) is 43.8 Å². The standard InChI is InChI=1S/C16H21ClN4S/c1-9-7-10(2)14-18-16(3,4)8-21(14)13(9)12-11(17)15(22-6)20(5)19-12/h7H,8H2,1-6H3. The van der Waals surface area contributed by atoms with Crippen molar-refractivity contribution < 1.29 is 0 Å². The number of thioether (sulfide) groups is 1. The van der Waals surface area contributed by atoms with Gasteiger partial charge in [0.15, 0.2) is 0 Å². The van der Waals surface area contributed by atoms with Gasteiger partial charge in [-0.2, -0.15) is 5.10 Å². The summed E-state index contributed by atoms with van der Waals surface area (Å²) in [6.07, 6.45) is 4.19. The summed E-state index contributed by atoms with van der Waals surface area (Å²) in [6.45, 7) is 9.39. The highest BCUT2D eigenvalue weighted by Gasteiger charge is 2.38. The summed E-state index contributed by atoms with van der Waals surface area (Å²) in [7, 11) is 1.93. The highest BCUT2D eigenvalue weighted by atomic mass is 35.5. The van der Waals surface area contributed by atoms with E-state index in [4.69, 9.17) is 16.6 Å². The molecule has 118 valence electrons. The van der Waals surface area contributed by atoms with E-state index in [1.165, 1.54) is 11.1 Å². The van der Waals surface area contributed by atoms with E-state index in [1.807, 2.05) is 18.0 Å². The quantitative estimate of drug-likeness (QED) is 0.766. The lowest BCUT2D eigenvalue weighted by Gasteiger charge is -2.29. The molecule has 0 atom stereocenters. The van der Waals surface area contributed by atoms with Crippen LogP contribution in [0.15, 0.2) is 27.2 Å². The van der Waals surface area contributed by atoms with Crippen molar-refractivity contribution in [1.82, 2.24) is 14.7 Å². The lowest BCUT2D eigenvalue weighted by Crippen LogP contribution is -2.34. The predicted octanol–water partition coefficient (Wildman–Crippen LogP) is 3.98. The predicted molar refractivity (Wildman–Crippen MR) is 94.6 cm³/mol. The van der Waals surface area contributed by atoms with Gasteiger partial charge >= 0.3 is 0 Å². The molecule has 3 rings (SSSR count). The molecule has 0 radical (unpaired) electrons. The van der Waals surface area contributed by atoms with Gasteiger partial charge in [-0.3, -0.25) is 9.67 Å². The SMILES string of the molecule is CSc1c(Cl)c(C2=C(C)C=C(C)C3=NC(C)(C)CN32)nn1C. The Morgan fingerprint density at radius 1 is 1.32 bits per heavy atom. The van der Waals surface area contributed by atoms with Crippen LogP contribution < -0.4 is 0 Å². The van der Waals surface area contributed by atoms with Gasteiger partial charge in [-0.1, -0.05) is 17.7 Å². The molecule has 6 heteroatoms. The van der Waals surface area contributed by atoms with Crippen LogP contribution in [0, 0.1) is 0 Å². The molecule has 4 nitrogen and oxygen atoms in total.